The van der Waals surface area contributed by atoms with Gasteiger partial charge in [-0.25, -0.2) is 0 Å². The highest BCUT2D eigenvalue weighted by Crippen LogP contribution is 2.65. The summed E-state index contributed by atoms with van der Waals surface area (Å²) in [5, 5.41) is 3.37. The minimum Gasteiger partial charge on any atom is -0.326 e. The molecule has 3 amide bonds. The molecule has 0 radical (unpaired) electrons. The van der Waals surface area contributed by atoms with Crippen LogP contribution in [0.1, 0.15) is 18.4 Å². The Bertz CT molecular complexity index is 859. The normalized spacial score (nSPS) is 35.3. The number of anilines is 1. The number of allylic oxidation sites excluding steroid dienone is 2. The molecular weight excluding hydrogens is 364 g/mol. The van der Waals surface area contributed by atoms with E-state index in [0.29, 0.717) is 22.5 Å². The fraction of sp³-hybridized carbons (Fsp3) is 0.476. The zero-order chi connectivity index (χ0) is 18.9. The van der Waals surface area contributed by atoms with E-state index in [-0.39, 0.29) is 54.4 Å². The first-order valence-electron chi connectivity index (χ1n) is 9.55. The Labute approximate surface area is 162 Å². The summed E-state index contributed by atoms with van der Waals surface area (Å²) < 4.78 is 0. The number of aryl methyl sites for hydroxylation is 1. The lowest BCUT2D eigenvalue weighted by molar-refractivity contribution is -0.140. The number of imide groups is 1. The van der Waals surface area contributed by atoms with E-state index in [9.17, 15) is 14.4 Å². The lowest BCUT2D eigenvalue weighted by Crippen LogP contribution is -2.40. The van der Waals surface area contributed by atoms with Crippen LogP contribution >= 0.6 is 11.6 Å². The van der Waals surface area contributed by atoms with Crippen LogP contribution in [0.4, 0.5) is 5.69 Å². The zero-order valence-electron chi connectivity index (χ0n) is 15.0. The van der Waals surface area contributed by atoms with Crippen molar-refractivity contribution in [2.45, 2.75) is 19.8 Å². The quantitative estimate of drug-likeness (QED) is 0.641. The molecule has 1 saturated heterocycles. The molecule has 6 atom stereocenters. The summed E-state index contributed by atoms with van der Waals surface area (Å²) in [6.45, 7) is 2.04. The van der Waals surface area contributed by atoms with Crippen molar-refractivity contribution >= 4 is 35.0 Å². The minimum absolute atomic E-state index is 0.0825. The van der Waals surface area contributed by atoms with Gasteiger partial charge in [-0.3, -0.25) is 19.3 Å². The molecule has 140 valence electrons. The van der Waals surface area contributed by atoms with Crippen LogP contribution in [0, 0.1) is 42.4 Å². The Balaban J connectivity index is 1.24. The van der Waals surface area contributed by atoms with E-state index in [1.165, 1.54) is 4.90 Å². The van der Waals surface area contributed by atoms with Crippen LogP contribution in [0.5, 0.6) is 0 Å². The van der Waals surface area contributed by atoms with E-state index in [1.54, 1.807) is 12.1 Å². The van der Waals surface area contributed by atoms with Crippen molar-refractivity contribution in [2.24, 2.45) is 35.5 Å². The van der Waals surface area contributed by atoms with Gasteiger partial charge in [-0.15, -0.1) is 0 Å². The molecule has 2 saturated carbocycles. The smallest absolute Gasteiger partial charge is 0.233 e. The molecule has 0 unspecified atom stereocenters. The molecule has 4 aliphatic carbocycles. The summed E-state index contributed by atoms with van der Waals surface area (Å²) in [5.74, 6) is 0.826. The number of carbonyl (C=O) groups excluding carboxylic acids is 3. The Morgan fingerprint density at radius 2 is 1.78 bits per heavy atom. The van der Waals surface area contributed by atoms with Gasteiger partial charge in [0.2, 0.25) is 17.7 Å². The van der Waals surface area contributed by atoms with Crippen LogP contribution in [0.2, 0.25) is 5.02 Å². The average molecular weight is 385 g/mol. The predicted molar refractivity (Wildman–Crippen MR) is 101 cm³/mol. The van der Waals surface area contributed by atoms with Gasteiger partial charge in [0.05, 0.1) is 11.8 Å². The van der Waals surface area contributed by atoms with Crippen molar-refractivity contribution in [3.8, 4) is 0 Å². The number of halogens is 1. The largest absolute Gasteiger partial charge is 0.326 e. The number of amides is 3. The first-order chi connectivity index (χ1) is 13.0. The maximum atomic E-state index is 12.9. The molecule has 6 rings (SSSR count). The Morgan fingerprint density at radius 1 is 1.15 bits per heavy atom. The SMILES string of the molecule is Cc1ccc(NC(=O)CCN2C(=O)[C@H]3[C@@H]4C=C[C@H]([C@H]5C[C@H]45)[C@@H]3C2=O)cc1Cl. The fourth-order valence-corrected chi connectivity index (χ4v) is 5.53. The summed E-state index contributed by atoms with van der Waals surface area (Å²) in [7, 11) is 0. The highest BCUT2D eigenvalue weighted by atomic mass is 35.5. The first kappa shape index (κ1) is 17.0. The monoisotopic (exact) mass is 384 g/mol. The molecule has 5 nitrogen and oxygen atoms in total. The van der Waals surface area contributed by atoms with E-state index >= 15 is 0 Å². The standard InChI is InChI=1S/C21H21ClN2O3/c1-10-2-3-11(8-16(10)22)23-17(25)6-7-24-20(26)18-12-4-5-13(15-9-14(12)15)19(18)21(24)27/h2-5,8,12-15,18-19H,6-7,9H2,1H3,(H,23,25)/t12-,13-,14-,15-,18+,19+/m1/s1. The zero-order valence-corrected chi connectivity index (χ0v) is 15.8. The third-order valence-corrected chi connectivity index (χ3v) is 7.18. The second kappa shape index (κ2) is 5.93. The Kier molecular flexibility index (Phi) is 3.73. The number of hydrogen-bond acceptors (Lipinski definition) is 3. The number of nitrogens with one attached hydrogen (secondary N) is 1. The maximum Gasteiger partial charge on any atom is 0.233 e. The number of hydrogen-bond donors (Lipinski definition) is 1. The molecule has 2 bridgehead atoms. The third-order valence-electron chi connectivity index (χ3n) is 6.77. The van der Waals surface area contributed by atoms with Crippen molar-refractivity contribution < 1.29 is 14.4 Å². The van der Waals surface area contributed by atoms with Gasteiger partial charge >= 0.3 is 0 Å². The maximum absolute atomic E-state index is 12.9. The molecule has 1 aromatic carbocycles. The van der Waals surface area contributed by atoms with Crippen molar-refractivity contribution in [3.05, 3.63) is 40.9 Å². The van der Waals surface area contributed by atoms with E-state index in [2.05, 4.69) is 17.5 Å². The number of rotatable bonds is 4. The summed E-state index contributed by atoms with van der Waals surface area (Å²) in [4.78, 5) is 39.4. The highest BCUT2D eigenvalue weighted by Gasteiger charge is 2.66. The molecule has 1 aromatic rings. The van der Waals surface area contributed by atoms with Crippen LogP contribution < -0.4 is 5.32 Å². The molecule has 0 spiro atoms. The summed E-state index contributed by atoms with van der Waals surface area (Å²) >= 11 is 6.08. The number of benzene rings is 1. The van der Waals surface area contributed by atoms with E-state index in [0.717, 1.165) is 12.0 Å². The van der Waals surface area contributed by atoms with Gasteiger partial charge in [-0.2, -0.15) is 0 Å². The molecule has 5 aliphatic rings. The van der Waals surface area contributed by atoms with Crippen LogP contribution in [0.25, 0.3) is 0 Å². The van der Waals surface area contributed by atoms with Crippen LogP contribution in [0.3, 0.4) is 0 Å². The van der Waals surface area contributed by atoms with Crippen LogP contribution in [0.15, 0.2) is 30.4 Å². The third kappa shape index (κ3) is 2.55. The summed E-state index contributed by atoms with van der Waals surface area (Å²) in [5.41, 5.74) is 1.55. The van der Waals surface area contributed by atoms with Crippen molar-refractivity contribution in [2.75, 3.05) is 11.9 Å². The Morgan fingerprint density at radius 3 is 2.37 bits per heavy atom. The van der Waals surface area contributed by atoms with Crippen molar-refractivity contribution in [1.82, 2.24) is 4.90 Å². The van der Waals surface area contributed by atoms with Gasteiger partial charge in [0, 0.05) is 23.7 Å². The molecule has 0 aromatic heterocycles. The summed E-state index contributed by atoms with van der Waals surface area (Å²) in [6, 6.07) is 5.32. The van der Waals surface area contributed by atoms with E-state index < -0.39 is 0 Å². The molecule has 6 heteroatoms. The van der Waals surface area contributed by atoms with Crippen LogP contribution in [-0.2, 0) is 14.4 Å². The molecule has 1 heterocycles. The van der Waals surface area contributed by atoms with Crippen molar-refractivity contribution in [3.63, 3.8) is 0 Å². The summed E-state index contributed by atoms with van der Waals surface area (Å²) in [6.07, 6.45) is 5.56. The first-order valence-corrected chi connectivity index (χ1v) is 9.93. The van der Waals surface area contributed by atoms with E-state index in [4.69, 9.17) is 11.6 Å². The number of carbonyl (C=O) groups is 3. The average Bonchev–Trinajstić information content (AvgIpc) is 3.42. The van der Waals surface area contributed by atoms with Gasteiger partial charge in [-0.05, 0) is 54.7 Å². The molecule has 1 N–H and O–H groups in total. The lowest BCUT2D eigenvalue weighted by Gasteiger charge is -2.37. The molecule has 3 fully saturated rings. The predicted octanol–water partition coefficient (Wildman–Crippen LogP) is 3.03. The van der Waals surface area contributed by atoms with Crippen LogP contribution in [-0.4, -0.2) is 29.2 Å². The van der Waals surface area contributed by atoms with Gasteiger partial charge in [0.25, 0.3) is 0 Å². The fourth-order valence-electron chi connectivity index (χ4n) is 5.35. The second-order valence-corrected chi connectivity index (χ2v) is 8.65. The second-order valence-electron chi connectivity index (χ2n) is 8.24. The topological polar surface area (TPSA) is 66.5 Å². The highest BCUT2D eigenvalue weighted by molar-refractivity contribution is 6.31. The number of nitrogens with zero attached hydrogens (tertiary/aromatic N) is 1. The van der Waals surface area contributed by atoms with Gasteiger partial charge in [0.15, 0.2) is 0 Å². The Hall–Kier alpha value is -2.14. The van der Waals surface area contributed by atoms with Gasteiger partial charge in [0.1, 0.15) is 0 Å². The molecule has 27 heavy (non-hydrogen) atoms. The molecule has 1 aliphatic heterocycles. The number of likely N-dealkylation sites (tertiary alicyclic amines) is 1. The van der Waals surface area contributed by atoms with Gasteiger partial charge < -0.3 is 5.32 Å². The molecular formula is C21H21ClN2O3. The van der Waals surface area contributed by atoms with E-state index in [1.807, 2.05) is 13.0 Å². The minimum atomic E-state index is -0.227. The van der Waals surface area contributed by atoms with Gasteiger partial charge in [-0.1, -0.05) is 29.8 Å². The van der Waals surface area contributed by atoms with Crippen molar-refractivity contribution in [1.29, 1.82) is 0 Å². The lowest BCUT2D eigenvalue weighted by atomic mass is 9.63.